The minimum atomic E-state index is -0.450. The van der Waals surface area contributed by atoms with E-state index in [4.69, 9.17) is 4.74 Å². The molecule has 0 aliphatic carbocycles. The Morgan fingerprint density at radius 3 is 2.23 bits per heavy atom. The minimum absolute atomic E-state index is 0.132. The second-order valence-electron chi connectivity index (χ2n) is 6.76. The Morgan fingerprint density at radius 2 is 1.53 bits per heavy atom. The maximum atomic E-state index is 13.3. The van der Waals surface area contributed by atoms with E-state index in [-0.39, 0.29) is 23.6 Å². The third-order valence-corrected chi connectivity index (χ3v) is 4.84. The van der Waals surface area contributed by atoms with E-state index < -0.39 is 11.8 Å². The van der Waals surface area contributed by atoms with Crippen molar-refractivity contribution in [2.45, 2.75) is 6.54 Å². The fourth-order valence-electron chi connectivity index (χ4n) is 3.38. The molecule has 1 heterocycles. The van der Waals surface area contributed by atoms with Crippen LogP contribution in [0, 0.1) is 5.82 Å². The van der Waals surface area contributed by atoms with E-state index >= 15 is 0 Å². The van der Waals surface area contributed by atoms with E-state index in [2.05, 4.69) is 5.32 Å². The van der Waals surface area contributed by atoms with Crippen molar-refractivity contribution in [1.82, 2.24) is 4.90 Å². The number of anilines is 1. The molecule has 1 aliphatic rings. The van der Waals surface area contributed by atoms with Gasteiger partial charge in [-0.25, -0.2) is 4.39 Å². The molecule has 1 N–H and O–H groups in total. The fourth-order valence-corrected chi connectivity index (χ4v) is 3.38. The highest BCUT2D eigenvalue weighted by Crippen LogP contribution is 2.35. The van der Waals surface area contributed by atoms with Crippen molar-refractivity contribution in [1.29, 1.82) is 0 Å². The summed E-state index contributed by atoms with van der Waals surface area (Å²) < 4.78 is 18.7. The van der Waals surface area contributed by atoms with Crippen molar-refractivity contribution in [2.75, 3.05) is 12.4 Å². The number of para-hydroxylation sites is 1. The Balaban J connectivity index is 1.78. The van der Waals surface area contributed by atoms with Crippen LogP contribution in [0.4, 0.5) is 10.1 Å². The molecule has 4 rings (SSSR count). The van der Waals surface area contributed by atoms with E-state index in [9.17, 15) is 14.0 Å². The van der Waals surface area contributed by atoms with Crippen LogP contribution in [-0.2, 0) is 16.1 Å². The quantitative estimate of drug-likeness (QED) is 0.627. The summed E-state index contributed by atoms with van der Waals surface area (Å²) in [6, 6.07) is 21.9. The molecule has 0 radical (unpaired) electrons. The number of benzene rings is 3. The van der Waals surface area contributed by atoms with Crippen LogP contribution in [0.2, 0.25) is 0 Å². The minimum Gasteiger partial charge on any atom is -0.496 e. The molecule has 5 nitrogen and oxygen atoms in total. The summed E-state index contributed by atoms with van der Waals surface area (Å²) in [5, 5.41) is 3.01. The van der Waals surface area contributed by atoms with Crippen molar-refractivity contribution >= 4 is 23.1 Å². The van der Waals surface area contributed by atoms with Crippen LogP contribution in [0.3, 0.4) is 0 Å². The topological polar surface area (TPSA) is 58.6 Å². The number of carbonyl (C=O) groups excluding carboxylic acids is 2. The van der Waals surface area contributed by atoms with Crippen molar-refractivity contribution in [2.24, 2.45) is 0 Å². The lowest BCUT2D eigenvalue weighted by molar-refractivity contribution is -0.137. The summed E-state index contributed by atoms with van der Waals surface area (Å²) in [5.74, 6) is -0.778. The normalized spacial score (nSPS) is 13.7. The van der Waals surface area contributed by atoms with Gasteiger partial charge in [-0.3, -0.25) is 14.5 Å². The van der Waals surface area contributed by atoms with Crippen LogP contribution in [0.15, 0.2) is 84.6 Å². The number of hydrogen-bond acceptors (Lipinski definition) is 4. The van der Waals surface area contributed by atoms with Crippen LogP contribution in [0.1, 0.15) is 11.1 Å². The molecule has 0 unspecified atom stereocenters. The molecule has 0 fully saturated rings. The molecule has 6 heteroatoms. The number of ether oxygens (including phenoxy) is 1. The number of methoxy groups -OCH3 is 1. The first-order chi connectivity index (χ1) is 14.6. The van der Waals surface area contributed by atoms with Gasteiger partial charge in [-0.15, -0.1) is 0 Å². The molecule has 2 amide bonds. The Labute approximate surface area is 173 Å². The molecule has 30 heavy (non-hydrogen) atoms. The Bertz CT molecular complexity index is 1120. The average molecular weight is 402 g/mol. The Hall–Kier alpha value is -3.93. The molecule has 0 spiro atoms. The molecule has 3 aromatic carbocycles. The van der Waals surface area contributed by atoms with Crippen LogP contribution < -0.4 is 10.1 Å². The molecule has 0 saturated heterocycles. The first-order valence-electron chi connectivity index (χ1n) is 9.39. The Morgan fingerprint density at radius 1 is 0.867 bits per heavy atom. The zero-order chi connectivity index (χ0) is 21.1. The summed E-state index contributed by atoms with van der Waals surface area (Å²) in [6.07, 6.45) is 0. The first-order valence-corrected chi connectivity index (χ1v) is 9.39. The Kier molecular flexibility index (Phi) is 5.30. The largest absolute Gasteiger partial charge is 0.496 e. The standard InChI is InChI=1S/C24H19FN2O3/c1-30-20-10-6-5-9-19(20)21-22(26-18-13-11-17(25)12-14-18)24(29)27(23(21)28)15-16-7-3-2-4-8-16/h2-14,26H,15H2,1H3. The van der Waals surface area contributed by atoms with Gasteiger partial charge in [-0.1, -0.05) is 48.5 Å². The summed E-state index contributed by atoms with van der Waals surface area (Å²) in [4.78, 5) is 27.8. The predicted molar refractivity (Wildman–Crippen MR) is 112 cm³/mol. The van der Waals surface area contributed by atoms with E-state index in [1.54, 1.807) is 24.3 Å². The van der Waals surface area contributed by atoms with Gasteiger partial charge in [-0.05, 0) is 35.9 Å². The van der Waals surface area contributed by atoms with Crippen LogP contribution in [0.5, 0.6) is 5.75 Å². The molecule has 0 bridgehead atoms. The number of carbonyl (C=O) groups is 2. The third kappa shape index (κ3) is 3.67. The van der Waals surface area contributed by atoms with Gasteiger partial charge < -0.3 is 10.1 Å². The number of imide groups is 1. The maximum Gasteiger partial charge on any atom is 0.278 e. The van der Waals surface area contributed by atoms with Gasteiger partial charge in [-0.2, -0.15) is 0 Å². The smallest absolute Gasteiger partial charge is 0.278 e. The second kappa shape index (κ2) is 8.21. The zero-order valence-electron chi connectivity index (χ0n) is 16.3. The molecular weight excluding hydrogens is 383 g/mol. The van der Waals surface area contributed by atoms with Crippen molar-refractivity contribution in [3.8, 4) is 5.75 Å². The highest BCUT2D eigenvalue weighted by molar-refractivity contribution is 6.36. The number of nitrogens with zero attached hydrogens (tertiary/aromatic N) is 1. The number of rotatable bonds is 6. The summed E-state index contributed by atoms with van der Waals surface area (Å²) in [7, 11) is 1.51. The molecule has 3 aromatic rings. The van der Waals surface area contributed by atoms with Crippen LogP contribution in [-0.4, -0.2) is 23.8 Å². The highest BCUT2D eigenvalue weighted by Gasteiger charge is 2.40. The van der Waals surface area contributed by atoms with Crippen LogP contribution in [0.25, 0.3) is 5.57 Å². The molecule has 1 aliphatic heterocycles. The third-order valence-electron chi connectivity index (χ3n) is 4.84. The number of hydrogen-bond donors (Lipinski definition) is 1. The van der Waals surface area contributed by atoms with Gasteiger partial charge in [0.15, 0.2) is 0 Å². The summed E-state index contributed by atoms with van der Waals surface area (Å²) in [6.45, 7) is 0.145. The van der Waals surface area contributed by atoms with Gasteiger partial charge in [0.1, 0.15) is 17.3 Å². The average Bonchev–Trinajstić information content (AvgIpc) is 3.00. The van der Waals surface area contributed by atoms with Gasteiger partial charge in [0.05, 0.1) is 19.2 Å². The SMILES string of the molecule is COc1ccccc1C1=C(Nc2ccc(F)cc2)C(=O)N(Cc2ccccc2)C1=O. The van der Waals surface area contributed by atoms with Crippen LogP contribution >= 0.6 is 0 Å². The second-order valence-corrected chi connectivity index (χ2v) is 6.76. The van der Waals surface area contributed by atoms with E-state index in [0.717, 1.165) is 5.56 Å². The van der Waals surface area contributed by atoms with Gasteiger partial charge in [0.2, 0.25) is 0 Å². The van der Waals surface area contributed by atoms with Gasteiger partial charge >= 0.3 is 0 Å². The molecule has 0 atom stereocenters. The number of halogens is 1. The first kappa shape index (κ1) is 19.4. The lowest BCUT2D eigenvalue weighted by Crippen LogP contribution is -2.32. The van der Waals surface area contributed by atoms with Crippen molar-refractivity contribution in [3.05, 3.63) is 102 Å². The molecule has 0 saturated carbocycles. The van der Waals surface area contributed by atoms with E-state index in [0.29, 0.717) is 17.0 Å². The van der Waals surface area contributed by atoms with E-state index in [1.165, 1.54) is 36.3 Å². The summed E-state index contributed by atoms with van der Waals surface area (Å²) >= 11 is 0. The van der Waals surface area contributed by atoms with Gasteiger partial charge in [0, 0.05) is 11.3 Å². The van der Waals surface area contributed by atoms with Gasteiger partial charge in [0.25, 0.3) is 11.8 Å². The summed E-state index contributed by atoms with van der Waals surface area (Å²) in [5.41, 5.74) is 2.20. The molecule has 150 valence electrons. The van der Waals surface area contributed by atoms with Crippen molar-refractivity contribution < 1.29 is 18.7 Å². The number of nitrogens with one attached hydrogen (secondary N) is 1. The monoisotopic (exact) mass is 402 g/mol. The molecular formula is C24H19FN2O3. The number of amides is 2. The predicted octanol–water partition coefficient (Wildman–Crippen LogP) is 4.23. The lowest BCUT2D eigenvalue weighted by Gasteiger charge is -2.15. The van der Waals surface area contributed by atoms with Crippen molar-refractivity contribution in [3.63, 3.8) is 0 Å². The maximum absolute atomic E-state index is 13.3. The highest BCUT2D eigenvalue weighted by atomic mass is 19.1. The fraction of sp³-hybridized carbons (Fsp3) is 0.0833. The molecule has 0 aromatic heterocycles. The lowest BCUT2D eigenvalue weighted by atomic mass is 10.0. The van der Waals surface area contributed by atoms with E-state index in [1.807, 2.05) is 30.3 Å². The zero-order valence-corrected chi connectivity index (χ0v) is 16.3.